The highest BCUT2D eigenvalue weighted by Crippen LogP contribution is 2.29. The third kappa shape index (κ3) is 5.76. The first-order valence-corrected chi connectivity index (χ1v) is 8.30. The van der Waals surface area contributed by atoms with E-state index in [1.165, 1.54) is 50.7 Å². The van der Waals surface area contributed by atoms with E-state index in [9.17, 15) is 0 Å². The molecule has 1 aromatic heterocycles. The van der Waals surface area contributed by atoms with Gasteiger partial charge in [-0.1, -0.05) is 6.92 Å². The summed E-state index contributed by atoms with van der Waals surface area (Å²) < 4.78 is 0. The Labute approximate surface area is 130 Å². The number of aryl methyl sites for hydroxylation is 1. The highest BCUT2D eigenvalue weighted by molar-refractivity contribution is 5.17. The number of aromatic nitrogens is 1. The van der Waals surface area contributed by atoms with Crippen molar-refractivity contribution in [1.29, 1.82) is 0 Å². The molecule has 3 nitrogen and oxygen atoms in total. The van der Waals surface area contributed by atoms with Gasteiger partial charge < -0.3 is 10.6 Å². The van der Waals surface area contributed by atoms with Crippen LogP contribution in [0.15, 0.2) is 18.3 Å². The van der Waals surface area contributed by atoms with Crippen LogP contribution in [-0.2, 0) is 0 Å². The fourth-order valence-corrected chi connectivity index (χ4v) is 3.15. The SMILES string of the molecule is CN.Cc1ccnc(C(C)CC2CCN(C(C)C)CC2)c1. The van der Waals surface area contributed by atoms with Crippen molar-refractivity contribution in [3.63, 3.8) is 0 Å². The maximum absolute atomic E-state index is 4.54. The molecule has 1 aromatic rings. The summed E-state index contributed by atoms with van der Waals surface area (Å²) in [6.07, 6.45) is 5.95. The average molecular weight is 291 g/mol. The van der Waals surface area contributed by atoms with Crippen molar-refractivity contribution in [3.8, 4) is 0 Å². The van der Waals surface area contributed by atoms with Crippen molar-refractivity contribution in [2.24, 2.45) is 11.7 Å². The molecule has 0 spiro atoms. The molecule has 2 heterocycles. The van der Waals surface area contributed by atoms with Gasteiger partial charge in [-0.2, -0.15) is 0 Å². The van der Waals surface area contributed by atoms with Crippen LogP contribution < -0.4 is 5.73 Å². The molecule has 1 fully saturated rings. The molecule has 21 heavy (non-hydrogen) atoms. The molecule has 2 rings (SSSR count). The van der Waals surface area contributed by atoms with Crippen LogP contribution in [0.1, 0.15) is 57.2 Å². The Kier molecular flexibility index (Phi) is 7.91. The first-order valence-electron chi connectivity index (χ1n) is 8.30. The molecule has 0 saturated carbocycles. The third-order valence-corrected chi connectivity index (χ3v) is 4.51. The normalized spacial score (nSPS) is 18.2. The van der Waals surface area contributed by atoms with Gasteiger partial charge in [0.1, 0.15) is 0 Å². The van der Waals surface area contributed by atoms with Crippen molar-refractivity contribution >= 4 is 0 Å². The summed E-state index contributed by atoms with van der Waals surface area (Å²) in [4.78, 5) is 7.14. The van der Waals surface area contributed by atoms with Gasteiger partial charge in [0.2, 0.25) is 0 Å². The second-order valence-electron chi connectivity index (χ2n) is 6.47. The lowest BCUT2D eigenvalue weighted by atomic mass is 9.86. The predicted molar refractivity (Wildman–Crippen MR) is 91.6 cm³/mol. The van der Waals surface area contributed by atoms with Crippen LogP contribution in [0.4, 0.5) is 0 Å². The zero-order valence-electron chi connectivity index (χ0n) is 14.5. The van der Waals surface area contributed by atoms with Crippen molar-refractivity contribution in [2.75, 3.05) is 20.1 Å². The minimum absolute atomic E-state index is 0.593. The molecule has 0 aromatic carbocycles. The molecule has 0 radical (unpaired) electrons. The van der Waals surface area contributed by atoms with Gasteiger partial charge in [0, 0.05) is 17.9 Å². The molecule has 0 aliphatic carbocycles. The standard InChI is InChI=1S/C17H28N2.CH5N/c1-13(2)19-9-6-16(7-10-19)12-15(4)17-11-14(3)5-8-18-17;1-2/h5,8,11,13,15-16H,6-7,9-10,12H2,1-4H3;2H2,1H3. The molecule has 1 aliphatic heterocycles. The minimum Gasteiger partial charge on any atom is -0.333 e. The van der Waals surface area contributed by atoms with Gasteiger partial charge in [-0.3, -0.25) is 4.98 Å². The van der Waals surface area contributed by atoms with Crippen LogP contribution in [0.2, 0.25) is 0 Å². The Morgan fingerprint density at radius 1 is 1.24 bits per heavy atom. The summed E-state index contributed by atoms with van der Waals surface area (Å²) in [7, 11) is 1.50. The first-order chi connectivity index (χ1) is 10.1. The largest absolute Gasteiger partial charge is 0.333 e. The van der Waals surface area contributed by atoms with Gasteiger partial charge in [0.25, 0.3) is 0 Å². The van der Waals surface area contributed by atoms with Gasteiger partial charge in [-0.15, -0.1) is 0 Å². The van der Waals surface area contributed by atoms with Crippen LogP contribution in [0.25, 0.3) is 0 Å². The van der Waals surface area contributed by atoms with Gasteiger partial charge in [0.15, 0.2) is 0 Å². The zero-order chi connectivity index (χ0) is 15.8. The molecular formula is C18H33N3. The van der Waals surface area contributed by atoms with Crippen molar-refractivity contribution in [3.05, 3.63) is 29.6 Å². The van der Waals surface area contributed by atoms with Gasteiger partial charge in [-0.05, 0) is 89.7 Å². The minimum atomic E-state index is 0.593. The molecular weight excluding hydrogens is 258 g/mol. The zero-order valence-corrected chi connectivity index (χ0v) is 14.5. The van der Waals surface area contributed by atoms with E-state index in [1.54, 1.807) is 0 Å². The van der Waals surface area contributed by atoms with E-state index in [-0.39, 0.29) is 0 Å². The van der Waals surface area contributed by atoms with E-state index >= 15 is 0 Å². The fraction of sp³-hybridized carbons (Fsp3) is 0.722. The molecule has 1 atom stereocenters. The Hall–Kier alpha value is -0.930. The molecule has 2 N–H and O–H groups in total. The topological polar surface area (TPSA) is 42.1 Å². The number of hydrogen-bond acceptors (Lipinski definition) is 3. The lowest BCUT2D eigenvalue weighted by molar-refractivity contribution is 0.142. The van der Waals surface area contributed by atoms with Gasteiger partial charge >= 0.3 is 0 Å². The molecule has 0 bridgehead atoms. The number of hydrogen-bond donors (Lipinski definition) is 1. The number of nitrogens with zero attached hydrogens (tertiary/aromatic N) is 2. The fourth-order valence-electron chi connectivity index (χ4n) is 3.15. The Morgan fingerprint density at radius 3 is 2.38 bits per heavy atom. The van der Waals surface area contributed by atoms with E-state index in [4.69, 9.17) is 0 Å². The lowest BCUT2D eigenvalue weighted by Gasteiger charge is -2.35. The summed E-state index contributed by atoms with van der Waals surface area (Å²) >= 11 is 0. The van der Waals surface area contributed by atoms with Crippen LogP contribution in [0.5, 0.6) is 0 Å². The Balaban J connectivity index is 0.00000106. The van der Waals surface area contributed by atoms with Crippen molar-refractivity contribution in [2.45, 2.75) is 58.9 Å². The molecule has 1 unspecified atom stereocenters. The molecule has 0 amide bonds. The van der Waals surface area contributed by atoms with Crippen LogP contribution in [-0.4, -0.2) is 36.1 Å². The third-order valence-electron chi connectivity index (χ3n) is 4.51. The Morgan fingerprint density at radius 2 is 1.86 bits per heavy atom. The predicted octanol–water partition coefficient (Wildman–Crippen LogP) is 3.58. The average Bonchev–Trinajstić information content (AvgIpc) is 2.50. The van der Waals surface area contributed by atoms with E-state index in [1.807, 2.05) is 6.20 Å². The maximum atomic E-state index is 4.54. The monoisotopic (exact) mass is 291 g/mol. The molecule has 120 valence electrons. The number of pyridine rings is 1. The molecule has 3 heteroatoms. The van der Waals surface area contributed by atoms with Gasteiger partial charge in [0.05, 0.1) is 0 Å². The smallest absolute Gasteiger partial charge is 0.0434 e. The molecule has 1 saturated heterocycles. The number of piperidine rings is 1. The summed E-state index contributed by atoms with van der Waals surface area (Å²) in [5.74, 6) is 1.47. The first kappa shape index (κ1) is 18.1. The van der Waals surface area contributed by atoms with Crippen molar-refractivity contribution < 1.29 is 0 Å². The van der Waals surface area contributed by atoms with E-state index in [2.05, 4.69) is 55.4 Å². The number of rotatable bonds is 4. The van der Waals surface area contributed by atoms with Crippen LogP contribution in [0, 0.1) is 12.8 Å². The summed E-state index contributed by atoms with van der Waals surface area (Å²) in [5, 5.41) is 0. The summed E-state index contributed by atoms with van der Waals surface area (Å²) in [6.45, 7) is 11.6. The second kappa shape index (κ2) is 9.16. The number of likely N-dealkylation sites (tertiary alicyclic amines) is 1. The van der Waals surface area contributed by atoms with Gasteiger partial charge in [-0.25, -0.2) is 0 Å². The summed E-state index contributed by atoms with van der Waals surface area (Å²) in [6, 6.07) is 5.03. The maximum Gasteiger partial charge on any atom is 0.0434 e. The highest BCUT2D eigenvalue weighted by atomic mass is 15.1. The lowest BCUT2D eigenvalue weighted by Crippen LogP contribution is -2.38. The Bertz CT molecular complexity index is 395. The molecule has 1 aliphatic rings. The highest BCUT2D eigenvalue weighted by Gasteiger charge is 2.23. The van der Waals surface area contributed by atoms with E-state index in [0.717, 1.165) is 5.92 Å². The summed E-state index contributed by atoms with van der Waals surface area (Å²) in [5.41, 5.74) is 7.10. The van der Waals surface area contributed by atoms with E-state index in [0.29, 0.717) is 12.0 Å². The van der Waals surface area contributed by atoms with Crippen LogP contribution in [0.3, 0.4) is 0 Å². The van der Waals surface area contributed by atoms with Crippen molar-refractivity contribution in [1.82, 2.24) is 9.88 Å². The number of nitrogens with two attached hydrogens (primary N) is 1. The second-order valence-corrected chi connectivity index (χ2v) is 6.47. The van der Waals surface area contributed by atoms with Crippen LogP contribution >= 0.6 is 0 Å². The quantitative estimate of drug-likeness (QED) is 0.922. The van der Waals surface area contributed by atoms with E-state index < -0.39 is 0 Å².